The number of rotatable bonds is 7. The molecule has 0 radical (unpaired) electrons. The third-order valence-corrected chi connectivity index (χ3v) is 6.16. The maximum Gasteiger partial charge on any atom is 0.222 e. The SMILES string of the molecule is COc1ccc(CN2C[C@@H](O)COC[C@@H]3O[C@H](CC(=O)NCc4ccncn4)CC[C@H]32)cc1. The van der Waals surface area contributed by atoms with Gasteiger partial charge in [0, 0.05) is 25.3 Å². The first-order valence-corrected chi connectivity index (χ1v) is 11.4. The van der Waals surface area contributed by atoms with Crippen LogP contribution in [0, 0.1) is 0 Å². The summed E-state index contributed by atoms with van der Waals surface area (Å²) in [4.78, 5) is 22.7. The normalized spacial score (nSPS) is 26.0. The highest BCUT2D eigenvalue weighted by Crippen LogP contribution is 2.29. The quantitative estimate of drug-likeness (QED) is 0.642. The van der Waals surface area contributed by atoms with Crippen molar-refractivity contribution in [2.24, 2.45) is 0 Å². The molecule has 0 saturated carbocycles. The maximum absolute atomic E-state index is 12.4. The van der Waals surface area contributed by atoms with Crippen molar-refractivity contribution in [1.29, 1.82) is 0 Å². The summed E-state index contributed by atoms with van der Waals surface area (Å²) in [5, 5.41) is 13.3. The number of amides is 1. The number of hydrogen-bond donors (Lipinski definition) is 2. The number of hydrogen-bond acceptors (Lipinski definition) is 8. The molecule has 4 rings (SSSR count). The molecule has 2 aliphatic rings. The minimum atomic E-state index is -0.547. The zero-order chi connectivity index (χ0) is 23.0. The highest BCUT2D eigenvalue weighted by atomic mass is 16.5. The predicted octanol–water partition coefficient (Wildman–Crippen LogP) is 1.30. The molecule has 0 aliphatic carbocycles. The molecule has 0 bridgehead atoms. The van der Waals surface area contributed by atoms with Gasteiger partial charge in [0.15, 0.2) is 0 Å². The van der Waals surface area contributed by atoms with E-state index in [1.807, 2.05) is 24.3 Å². The number of fused-ring (bicyclic) bond motifs is 1. The lowest BCUT2D eigenvalue weighted by molar-refractivity contribution is -0.158. The summed E-state index contributed by atoms with van der Waals surface area (Å²) in [5.41, 5.74) is 1.92. The second-order valence-electron chi connectivity index (χ2n) is 8.59. The highest BCUT2D eigenvalue weighted by molar-refractivity contribution is 5.76. The highest BCUT2D eigenvalue weighted by Gasteiger charge is 2.38. The largest absolute Gasteiger partial charge is 0.497 e. The van der Waals surface area contributed by atoms with E-state index in [1.54, 1.807) is 19.4 Å². The van der Waals surface area contributed by atoms with Gasteiger partial charge in [0.1, 0.15) is 12.1 Å². The van der Waals surface area contributed by atoms with Crippen molar-refractivity contribution in [2.45, 2.75) is 56.7 Å². The number of aliphatic hydroxyl groups excluding tert-OH is 1. The fourth-order valence-electron chi connectivity index (χ4n) is 4.48. The molecule has 178 valence electrons. The third kappa shape index (κ3) is 6.70. The van der Waals surface area contributed by atoms with Crippen molar-refractivity contribution >= 4 is 5.91 Å². The van der Waals surface area contributed by atoms with Gasteiger partial charge in [0.25, 0.3) is 0 Å². The Bertz CT molecular complexity index is 882. The van der Waals surface area contributed by atoms with E-state index in [4.69, 9.17) is 14.2 Å². The van der Waals surface area contributed by atoms with Crippen LogP contribution in [0.2, 0.25) is 0 Å². The van der Waals surface area contributed by atoms with Crippen LogP contribution in [0.25, 0.3) is 0 Å². The summed E-state index contributed by atoms with van der Waals surface area (Å²) in [6.45, 7) is 2.27. The van der Waals surface area contributed by atoms with Crippen molar-refractivity contribution < 1.29 is 24.1 Å². The molecule has 1 amide bonds. The van der Waals surface area contributed by atoms with Gasteiger partial charge in [-0.15, -0.1) is 0 Å². The molecule has 1 aromatic heterocycles. The number of ether oxygens (including phenoxy) is 3. The Morgan fingerprint density at radius 3 is 2.85 bits per heavy atom. The van der Waals surface area contributed by atoms with Crippen LogP contribution in [-0.2, 0) is 27.4 Å². The Labute approximate surface area is 194 Å². The van der Waals surface area contributed by atoms with Gasteiger partial charge >= 0.3 is 0 Å². The van der Waals surface area contributed by atoms with Crippen molar-refractivity contribution in [3.8, 4) is 5.75 Å². The van der Waals surface area contributed by atoms with E-state index in [-0.39, 0.29) is 30.8 Å². The molecule has 9 nitrogen and oxygen atoms in total. The Hall–Kier alpha value is -2.59. The third-order valence-electron chi connectivity index (χ3n) is 6.16. The van der Waals surface area contributed by atoms with Gasteiger partial charge in [0.05, 0.1) is 57.3 Å². The molecule has 33 heavy (non-hydrogen) atoms. The first-order valence-electron chi connectivity index (χ1n) is 11.4. The number of aliphatic hydroxyl groups is 1. The summed E-state index contributed by atoms with van der Waals surface area (Å²) in [7, 11) is 1.65. The van der Waals surface area contributed by atoms with E-state index in [2.05, 4.69) is 20.2 Å². The van der Waals surface area contributed by atoms with E-state index >= 15 is 0 Å². The lowest BCUT2D eigenvalue weighted by atomic mass is 9.94. The number of aromatic nitrogens is 2. The Kier molecular flexibility index (Phi) is 8.22. The molecule has 0 spiro atoms. The molecule has 2 N–H and O–H groups in total. The summed E-state index contributed by atoms with van der Waals surface area (Å²) in [5.74, 6) is 0.758. The lowest BCUT2D eigenvalue weighted by Gasteiger charge is -2.44. The molecule has 0 unspecified atom stereocenters. The van der Waals surface area contributed by atoms with Crippen LogP contribution in [0.15, 0.2) is 42.9 Å². The van der Waals surface area contributed by atoms with Gasteiger partial charge < -0.3 is 24.6 Å². The summed E-state index contributed by atoms with van der Waals surface area (Å²) in [6.07, 6.45) is 4.22. The molecular formula is C24H32N4O5. The minimum Gasteiger partial charge on any atom is -0.497 e. The van der Waals surface area contributed by atoms with Crippen molar-refractivity contribution in [3.63, 3.8) is 0 Å². The van der Waals surface area contributed by atoms with Crippen LogP contribution in [-0.4, -0.2) is 77.1 Å². The molecule has 3 heterocycles. The van der Waals surface area contributed by atoms with Crippen LogP contribution in [0.5, 0.6) is 5.75 Å². The topological polar surface area (TPSA) is 106 Å². The number of nitrogens with zero attached hydrogens (tertiary/aromatic N) is 3. The van der Waals surface area contributed by atoms with Crippen LogP contribution >= 0.6 is 0 Å². The Balaban J connectivity index is 1.34. The molecule has 2 aliphatic heterocycles. The summed E-state index contributed by atoms with van der Waals surface area (Å²) < 4.78 is 17.3. The number of benzene rings is 1. The van der Waals surface area contributed by atoms with Crippen LogP contribution in [0.3, 0.4) is 0 Å². The summed E-state index contributed by atoms with van der Waals surface area (Å²) >= 11 is 0. The molecule has 9 heteroatoms. The van der Waals surface area contributed by atoms with E-state index in [1.165, 1.54) is 6.33 Å². The molecule has 4 atom stereocenters. The van der Waals surface area contributed by atoms with E-state index in [9.17, 15) is 9.90 Å². The first-order chi connectivity index (χ1) is 16.1. The number of carbonyl (C=O) groups excluding carboxylic acids is 1. The Morgan fingerprint density at radius 1 is 1.24 bits per heavy atom. The van der Waals surface area contributed by atoms with Gasteiger partial charge in [0.2, 0.25) is 5.91 Å². The average molecular weight is 457 g/mol. The number of β-amino-alcohol motifs (C(OH)–C–C–N with tert-alkyl or cyclic N) is 1. The smallest absolute Gasteiger partial charge is 0.222 e. The van der Waals surface area contributed by atoms with Crippen LogP contribution in [0.1, 0.15) is 30.5 Å². The van der Waals surface area contributed by atoms with Crippen molar-refractivity contribution in [1.82, 2.24) is 20.2 Å². The second kappa shape index (κ2) is 11.5. The summed E-state index contributed by atoms with van der Waals surface area (Å²) in [6, 6.07) is 9.88. The first kappa shape index (κ1) is 23.6. The molecule has 2 fully saturated rings. The van der Waals surface area contributed by atoms with Crippen LogP contribution in [0.4, 0.5) is 0 Å². The van der Waals surface area contributed by atoms with Gasteiger partial charge in [-0.1, -0.05) is 12.1 Å². The van der Waals surface area contributed by atoms with E-state index in [0.717, 1.165) is 29.8 Å². The zero-order valence-electron chi connectivity index (χ0n) is 18.9. The average Bonchev–Trinajstić information content (AvgIpc) is 2.83. The molecule has 1 aromatic carbocycles. The predicted molar refractivity (Wildman–Crippen MR) is 120 cm³/mol. The van der Waals surface area contributed by atoms with Gasteiger partial charge in [-0.2, -0.15) is 0 Å². The molecule has 2 saturated heterocycles. The number of carbonyl (C=O) groups is 1. The minimum absolute atomic E-state index is 0.0608. The van der Waals surface area contributed by atoms with Crippen molar-refractivity contribution in [3.05, 3.63) is 54.1 Å². The zero-order valence-corrected chi connectivity index (χ0v) is 18.9. The Morgan fingerprint density at radius 2 is 2.09 bits per heavy atom. The van der Waals surface area contributed by atoms with Gasteiger partial charge in [-0.25, -0.2) is 9.97 Å². The number of methoxy groups -OCH3 is 1. The van der Waals surface area contributed by atoms with E-state index < -0.39 is 6.10 Å². The van der Waals surface area contributed by atoms with E-state index in [0.29, 0.717) is 32.7 Å². The molecular weight excluding hydrogens is 424 g/mol. The van der Waals surface area contributed by atoms with Crippen molar-refractivity contribution in [2.75, 3.05) is 26.9 Å². The fraction of sp³-hybridized carbons (Fsp3) is 0.542. The van der Waals surface area contributed by atoms with Crippen LogP contribution < -0.4 is 10.1 Å². The maximum atomic E-state index is 12.4. The standard InChI is InChI=1S/C24H32N4O5/c1-31-20-4-2-17(3-5-20)12-28-13-19(29)14-32-15-23-22(28)7-6-21(33-23)10-24(30)26-11-18-8-9-25-16-27-18/h2-5,8-9,16,19,21-23,29H,6-7,10-15H2,1H3,(H,26,30)/t19-,21+,22-,23+/m1/s1. The number of nitrogens with one attached hydrogen (secondary N) is 1. The van der Waals surface area contributed by atoms with Gasteiger partial charge in [-0.3, -0.25) is 9.69 Å². The monoisotopic (exact) mass is 456 g/mol. The second-order valence-corrected chi connectivity index (χ2v) is 8.59. The molecule has 2 aromatic rings. The van der Waals surface area contributed by atoms with Gasteiger partial charge in [-0.05, 0) is 36.6 Å². The fourth-order valence-corrected chi connectivity index (χ4v) is 4.48. The lowest BCUT2D eigenvalue weighted by Crippen LogP contribution is -2.55.